The van der Waals surface area contributed by atoms with Crippen molar-refractivity contribution in [1.82, 2.24) is 4.57 Å². The van der Waals surface area contributed by atoms with Gasteiger partial charge in [-0.05, 0) is 47.7 Å². The molecule has 0 radical (unpaired) electrons. The Hall–Kier alpha value is -3.95. The van der Waals surface area contributed by atoms with Crippen LogP contribution in [0.25, 0.3) is 6.08 Å². The van der Waals surface area contributed by atoms with Gasteiger partial charge in [0.1, 0.15) is 12.6 Å². The number of thiazole rings is 1. The first kappa shape index (κ1) is 24.7. The number of esters is 1. The van der Waals surface area contributed by atoms with Crippen molar-refractivity contribution in [3.05, 3.63) is 113 Å². The molecule has 37 heavy (non-hydrogen) atoms. The van der Waals surface area contributed by atoms with E-state index < -0.39 is 12.0 Å². The summed E-state index contributed by atoms with van der Waals surface area (Å²) in [4.78, 5) is 33.1. The van der Waals surface area contributed by atoms with Crippen LogP contribution in [0.2, 0.25) is 0 Å². The standard InChI is InChI=1S/C28H24N2O5S2/c1-17-24(27(32)35-16-18-8-5-4-6-9-18)25(22-10-7-13-36-22)30-26(31)23(37-28(30)29-17)15-19-11-12-20(33-2)21(14-19)34-3/h4-15,25H,16H2,1-3H3/b23-15+. The van der Waals surface area contributed by atoms with Crippen LogP contribution >= 0.6 is 22.7 Å². The number of methoxy groups -OCH3 is 2. The predicted molar refractivity (Wildman–Crippen MR) is 144 cm³/mol. The second-order valence-electron chi connectivity index (χ2n) is 8.27. The molecule has 0 aliphatic carbocycles. The molecular formula is C28H24N2O5S2. The number of allylic oxidation sites excluding steroid dienone is 1. The second-order valence-corrected chi connectivity index (χ2v) is 10.3. The fourth-order valence-electron chi connectivity index (χ4n) is 4.19. The number of carbonyl (C=O) groups excluding carboxylic acids is 1. The molecule has 5 rings (SSSR count). The Kier molecular flexibility index (Phi) is 7.07. The number of rotatable bonds is 7. The lowest BCUT2D eigenvalue weighted by atomic mass is 10.0. The first-order chi connectivity index (χ1) is 18.0. The third kappa shape index (κ3) is 4.87. The zero-order valence-electron chi connectivity index (χ0n) is 20.5. The number of fused-ring (bicyclic) bond motifs is 1. The topological polar surface area (TPSA) is 79.1 Å². The number of hydrogen-bond donors (Lipinski definition) is 0. The van der Waals surface area contributed by atoms with Gasteiger partial charge in [-0.1, -0.05) is 53.8 Å². The van der Waals surface area contributed by atoms with Crippen LogP contribution in [0.15, 0.2) is 87.1 Å². The van der Waals surface area contributed by atoms with Gasteiger partial charge in [-0.2, -0.15) is 0 Å². The maximum absolute atomic E-state index is 13.7. The Morgan fingerprint density at radius 3 is 2.54 bits per heavy atom. The van der Waals surface area contributed by atoms with Gasteiger partial charge in [0.2, 0.25) is 0 Å². The molecule has 2 aromatic heterocycles. The summed E-state index contributed by atoms with van der Waals surface area (Å²) in [7, 11) is 3.14. The van der Waals surface area contributed by atoms with Gasteiger partial charge in [-0.15, -0.1) is 11.3 Å². The Balaban J connectivity index is 1.57. The molecule has 0 fully saturated rings. The van der Waals surface area contributed by atoms with Gasteiger partial charge >= 0.3 is 5.97 Å². The number of aromatic nitrogens is 1. The van der Waals surface area contributed by atoms with Crippen molar-refractivity contribution in [3.8, 4) is 11.5 Å². The first-order valence-corrected chi connectivity index (χ1v) is 13.2. The summed E-state index contributed by atoms with van der Waals surface area (Å²) in [5.74, 6) is 0.686. The second kappa shape index (κ2) is 10.6. The third-order valence-corrected chi connectivity index (χ3v) is 7.88. The highest BCUT2D eigenvalue weighted by Crippen LogP contribution is 2.33. The Bertz CT molecular complexity index is 1650. The molecule has 1 atom stereocenters. The van der Waals surface area contributed by atoms with Gasteiger partial charge in [0.15, 0.2) is 16.3 Å². The van der Waals surface area contributed by atoms with E-state index in [1.807, 2.05) is 60.0 Å². The van der Waals surface area contributed by atoms with Crippen molar-refractivity contribution < 1.29 is 19.0 Å². The van der Waals surface area contributed by atoms with Crippen molar-refractivity contribution in [2.24, 2.45) is 4.99 Å². The molecule has 1 unspecified atom stereocenters. The Morgan fingerprint density at radius 1 is 1.05 bits per heavy atom. The number of nitrogens with zero attached hydrogens (tertiary/aromatic N) is 2. The van der Waals surface area contributed by atoms with Crippen molar-refractivity contribution in [3.63, 3.8) is 0 Å². The summed E-state index contributed by atoms with van der Waals surface area (Å²) in [6.45, 7) is 1.92. The number of hydrogen-bond acceptors (Lipinski definition) is 8. The van der Waals surface area contributed by atoms with E-state index in [1.54, 1.807) is 37.9 Å². The SMILES string of the molecule is COc1ccc(/C=c2/sc3n(c2=O)C(c2cccs2)C(C(=O)OCc2ccccc2)=C(C)N=3)cc1OC. The van der Waals surface area contributed by atoms with E-state index in [-0.39, 0.29) is 12.2 Å². The maximum atomic E-state index is 13.7. The summed E-state index contributed by atoms with van der Waals surface area (Å²) in [5.41, 5.74) is 2.35. The minimum Gasteiger partial charge on any atom is -0.493 e. The molecule has 0 spiro atoms. The van der Waals surface area contributed by atoms with Crippen molar-refractivity contribution in [2.75, 3.05) is 14.2 Å². The van der Waals surface area contributed by atoms with Gasteiger partial charge in [0.25, 0.3) is 5.56 Å². The van der Waals surface area contributed by atoms with E-state index in [1.165, 1.54) is 22.7 Å². The quantitative estimate of drug-likeness (QED) is 0.336. The number of ether oxygens (including phenoxy) is 3. The van der Waals surface area contributed by atoms with Crippen molar-refractivity contribution >= 4 is 34.7 Å². The lowest BCUT2D eigenvalue weighted by Crippen LogP contribution is -2.39. The van der Waals surface area contributed by atoms with Crippen LogP contribution in [-0.4, -0.2) is 24.8 Å². The minimum atomic E-state index is -0.618. The minimum absolute atomic E-state index is 0.136. The lowest BCUT2D eigenvalue weighted by Gasteiger charge is -2.23. The van der Waals surface area contributed by atoms with Crippen LogP contribution in [0.3, 0.4) is 0 Å². The Morgan fingerprint density at radius 2 is 1.84 bits per heavy atom. The van der Waals surface area contributed by atoms with E-state index >= 15 is 0 Å². The molecule has 0 amide bonds. The fraction of sp³-hybridized carbons (Fsp3) is 0.179. The van der Waals surface area contributed by atoms with Crippen molar-refractivity contribution in [1.29, 1.82) is 0 Å². The fourth-order valence-corrected chi connectivity index (χ4v) is 6.06. The highest BCUT2D eigenvalue weighted by molar-refractivity contribution is 7.10. The maximum Gasteiger partial charge on any atom is 0.338 e. The van der Waals surface area contributed by atoms with Crippen molar-refractivity contribution in [2.45, 2.75) is 19.6 Å². The van der Waals surface area contributed by atoms with E-state index in [9.17, 15) is 9.59 Å². The van der Waals surface area contributed by atoms with E-state index in [4.69, 9.17) is 14.2 Å². The molecule has 0 N–H and O–H groups in total. The van der Waals surface area contributed by atoms with Gasteiger partial charge in [0, 0.05) is 4.88 Å². The monoisotopic (exact) mass is 532 g/mol. The largest absolute Gasteiger partial charge is 0.493 e. The number of carbonyl (C=O) groups is 1. The van der Waals surface area contributed by atoms with E-state index in [0.29, 0.717) is 32.1 Å². The molecule has 3 heterocycles. The molecule has 7 nitrogen and oxygen atoms in total. The molecule has 9 heteroatoms. The van der Waals surface area contributed by atoms with E-state index in [2.05, 4.69) is 4.99 Å². The predicted octanol–water partition coefficient (Wildman–Crippen LogP) is 4.06. The van der Waals surface area contributed by atoms with E-state index in [0.717, 1.165) is 16.0 Å². The first-order valence-electron chi connectivity index (χ1n) is 11.5. The molecule has 1 aliphatic heterocycles. The van der Waals surface area contributed by atoms with Crippen LogP contribution in [0.1, 0.15) is 29.0 Å². The van der Waals surface area contributed by atoms with Crippen LogP contribution in [0.4, 0.5) is 0 Å². The lowest BCUT2D eigenvalue weighted by molar-refractivity contribution is -0.140. The third-order valence-electron chi connectivity index (χ3n) is 5.97. The molecule has 2 aromatic carbocycles. The smallest absolute Gasteiger partial charge is 0.338 e. The highest BCUT2D eigenvalue weighted by atomic mass is 32.1. The van der Waals surface area contributed by atoms with Gasteiger partial charge in [-0.25, -0.2) is 9.79 Å². The average molecular weight is 533 g/mol. The molecular weight excluding hydrogens is 508 g/mol. The molecule has 0 bridgehead atoms. The molecule has 1 aliphatic rings. The normalized spacial score (nSPS) is 15.2. The Labute approximate surface area is 221 Å². The highest BCUT2D eigenvalue weighted by Gasteiger charge is 2.34. The summed E-state index contributed by atoms with van der Waals surface area (Å²) >= 11 is 2.77. The van der Waals surface area contributed by atoms with Crippen LogP contribution in [0, 0.1) is 0 Å². The summed E-state index contributed by atoms with van der Waals surface area (Å²) in [6.07, 6.45) is 1.80. The van der Waals surface area contributed by atoms with Gasteiger partial charge in [0.05, 0.1) is 30.0 Å². The molecule has 0 saturated heterocycles. The molecule has 4 aromatic rings. The van der Waals surface area contributed by atoms with Crippen LogP contribution < -0.4 is 24.4 Å². The van der Waals surface area contributed by atoms with Crippen LogP contribution in [0.5, 0.6) is 11.5 Å². The average Bonchev–Trinajstić information content (AvgIpc) is 3.55. The van der Waals surface area contributed by atoms with Gasteiger partial charge < -0.3 is 14.2 Å². The van der Waals surface area contributed by atoms with Crippen LogP contribution in [-0.2, 0) is 16.1 Å². The molecule has 0 saturated carbocycles. The number of thiophene rings is 1. The molecule has 188 valence electrons. The van der Waals surface area contributed by atoms with Gasteiger partial charge in [-0.3, -0.25) is 9.36 Å². The zero-order chi connectivity index (χ0) is 25.9. The summed E-state index contributed by atoms with van der Waals surface area (Å²) in [6, 6.07) is 18.2. The number of benzene rings is 2. The summed E-state index contributed by atoms with van der Waals surface area (Å²) in [5, 5.41) is 1.93. The summed E-state index contributed by atoms with van der Waals surface area (Å²) < 4.78 is 18.5. The zero-order valence-corrected chi connectivity index (χ0v) is 22.1.